The first kappa shape index (κ1) is 18.1. The molecule has 2 unspecified atom stereocenters. The molecule has 2 heterocycles. The summed E-state index contributed by atoms with van der Waals surface area (Å²) in [7, 11) is 0. The number of nitrogens with one attached hydrogen (secondary N) is 1. The van der Waals surface area contributed by atoms with Crippen molar-refractivity contribution in [3.8, 4) is 0 Å². The van der Waals surface area contributed by atoms with Gasteiger partial charge in [-0.3, -0.25) is 4.79 Å². The van der Waals surface area contributed by atoms with Gasteiger partial charge in [-0.1, -0.05) is 0 Å². The van der Waals surface area contributed by atoms with Crippen molar-refractivity contribution in [3.05, 3.63) is 17.5 Å². The minimum absolute atomic E-state index is 0.271. The molecule has 2 atom stereocenters. The summed E-state index contributed by atoms with van der Waals surface area (Å²) in [5.74, 6) is -1.17. The number of amides is 1. The van der Waals surface area contributed by atoms with Crippen LogP contribution in [0.3, 0.4) is 0 Å². The minimum Gasteiger partial charge on any atom is -0.480 e. The maximum Gasteiger partial charge on any atom is 0.328 e. The molecule has 3 N–H and O–H groups in total. The van der Waals surface area contributed by atoms with E-state index in [1.807, 2.05) is 24.8 Å². The number of hydrogen-bond acceptors (Lipinski definition) is 6. The summed E-state index contributed by atoms with van der Waals surface area (Å²) in [5.41, 5.74) is 1.80. The van der Waals surface area contributed by atoms with Crippen molar-refractivity contribution in [2.45, 2.75) is 45.8 Å². The monoisotopic (exact) mass is 336 g/mol. The number of nitrogens with zero attached hydrogens (tertiary/aromatic N) is 3. The van der Waals surface area contributed by atoms with E-state index in [4.69, 9.17) is 5.11 Å². The summed E-state index contributed by atoms with van der Waals surface area (Å²) in [5, 5.41) is 20.9. The lowest BCUT2D eigenvalue weighted by atomic mass is 9.95. The third kappa shape index (κ3) is 4.41. The number of carbonyl (C=O) groups excluding carboxylic acids is 1. The summed E-state index contributed by atoms with van der Waals surface area (Å²) in [6.07, 6.45) is 0.0399. The lowest BCUT2D eigenvalue weighted by Crippen LogP contribution is -2.51. The lowest BCUT2D eigenvalue weighted by Gasteiger charge is -2.32. The third-order valence-electron chi connectivity index (χ3n) is 4.17. The molecule has 8 nitrogen and oxygen atoms in total. The summed E-state index contributed by atoms with van der Waals surface area (Å²) < 4.78 is 0. The Morgan fingerprint density at radius 3 is 2.25 bits per heavy atom. The average molecular weight is 336 g/mol. The number of aromatic nitrogens is 2. The van der Waals surface area contributed by atoms with Crippen molar-refractivity contribution in [1.29, 1.82) is 0 Å². The van der Waals surface area contributed by atoms with Crippen molar-refractivity contribution < 1.29 is 19.8 Å². The predicted molar refractivity (Wildman–Crippen MR) is 87.7 cm³/mol. The number of anilines is 1. The van der Waals surface area contributed by atoms with Gasteiger partial charge < -0.3 is 20.4 Å². The summed E-state index contributed by atoms with van der Waals surface area (Å²) in [6, 6.07) is 0.629. The summed E-state index contributed by atoms with van der Waals surface area (Å²) in [4.78, 5) is 34.2. The molecular formula is C16H24N4O4. The van der Waals surface area contributed by atoms with E-state index in [1.54, 1.807) is 0 Å². The van der Waals surface area contributed by atoms with E-state index in [9.17, 15) is 14.7 Å². The highest BCUT2D eigenvalue weighted by Gasteiger charge is 2.31. The maximum absolute atomic E-state index is 12.2. The van der Waals surface area contributed by atoms with Gasteiger partial charge in [0.15, 0.2) is 6.04 Å². The van der Waals surface area contributed by atoms with Gasteiger partial charge in [-0.2, -0.15) is 0 Å². The molecule has 24 heavy (non-hydrogen) atoms. The van der Waals surface area contributed by atoms with Crippen LogP contribution in [0, 0.1) is 19.8 Å². The zero-order valence-electron chi connectivity index (χ0n) is 14.2. The minimum atomic E-state index is -1.28. The molecule has 0 saturated carbocycles. The van der Waals surface area contributed by atoms with Crippen LogP contribution in [0.1, 0.15) is 31.2 Å². The first-order chi connectivity index (χ1) is 11.3. The molecule has 0 radical (unpaired) electrons. The Morgan fingerprint density at radius 1 is 1.25 bits per heavy atom. The van der Waals surface area contributed by atoms with Crippen molar-refractivity contribution in [2.24, 2.45) is 5.92 Å². The molecule has 0 spiro atoms. The Balaban J connectivity index is 1.94. The number of rotatable bonds is 5. The van der Waals surface area contributed by atoms with E-state index in [0.29, 0.717) is 31.9 Å². The lowest BCUT2D eigenvalue weighted by molar-refractivity contribution is -0.145. The first-order valence-electron chi connectivity index (χ1n) is 8.06. The highest BCUT2D eigenvalue weighted by atomic mass is 16.4. The zero-order valence-corrected chi connectivity index (χ0v) is 14.2. The average Bonchev–Trinajstić information content (AvgIpc) is 2.51. The molecule has 1 fully saturated rings. The van der Waals surface area contributed by atoms with Gasteiger partial charge in [-0.05, 0) is 39.7 Å². The molecule has 0 bridgehead atoms. The Hall–Kier alpha value is -2.22. The Bertz CT molecular complexity index is 592. The zero-order chi connectivity index (χ0) is 17.9. The molecular weight excluding hydrogens is 312 g/mol. The summed E-state index contributed by atoms with van der Waals surface area (Å²) >= 11 is 0. The second kappa shape index (κ2) is 7.57. The van der Waals surface area contributed by atoms with Gasteiger partial charge in [0, 0.05) is 30.4 Å². The number of aryl methyl sites for hydroxylation is 2. The van der Waals surface area contributed by atoms with E-state index in [-0.39, 0.29) is 11.8 Å². The maximum atomic E-state index is 12.2. The number of aliphatic carboxylic acids is 1. The van der Waals surface area contributed by atoms with Crippen LogP contribution in [0.5, 0.6) is 0 Å². The predicted octanol–water partition coefficient (Wildman–Crippen LogP) is 0.260. The Kier molecular flexibility index (Phi) is 5.71. The van der Waals surface area contributed by atoms with Crippen LogP contribution in [-0.4, -0.2) is 57.3 Å². The molecule has 1 aliphatic heterocycles. The number of carboxylic acids is 1. The van der Waals surface area contributed by atoms with E-state index < -0.39 is 18.1 Å². The second-order valence-electron chi connectivity index (χ2n) is 6.28. The van der Waals surface area contributed by atoms with Gasteiger partial charge in [0.25, 0.3) is 0 Å². The molecule has 1 saturated heterocycles. The smallest absolute Gasteiger partial charge is 0.328 e. The molecule has 2 rings (SSSR count). The van der Waals surface area contributed by atoms with Crippen molar-refractivity contribution in [1.82, 2.24) is 15.3 Å². The largest absolute Gasteiger partial charge is 0.480 e. The second-order valence-corrected chi connectivity index (χ2v) is 6.28. The van der Waals surface area contributed by atoms with Crippen molar-refractivity contribution in [3.63, 3.8) is 0 Å². The Morgan fingerprint density at radius 2 is 1.79 bits per heavy atom. The van der Waals surface area contributed by atoms with Gasteiger partial charge in [0.05, 0.1) is 6.10 Å². The van der Waals surface area contributed by atoms with Gasteiger partial charge in [-0.15, -0.1) is 0 Å². The molecule has 132 valence electrons. The standard InChI is InChI=1S/C16H24N4O4/c1-9-8-10(2)18-16(17-9)20-6-4-12(5-7-20)14(22)19-13(11(3)21)15(23)24/h8,11-13,21H,4-7H2,1-3H3,(H,19,22)(H,23,24). The number of piperidine rings is 1. The van der Waals surface area contributed by atoms with Crippen LogP contribution < -0.4 is 10.2 Å². The molecule has 1 aromatic rings. The quantitative estimate of drug-likeness (QED) is 0.706. The fourth-order valence-corrected chi connectivity index (χ4v) is 2.85. The highest BCUT2D eigenvalue weighted by molar-refractivity contribution is 5.85. The molecule has 0 aliphatic carbocycles. The van der Waals surface area contributed by atoms with Gasteiger partial charge in [0.2, 0.25) is 11.9 Å². The first-order valence-corrected chi connectivity index (χ1v) is 8.06. The molecule has 1 aliphatic rings. The highest BCUT2D eigenvalue weighted by Crippen LogP contribution is 2.21. The topological polar surface area (TPSA) is 116 Å². The number of carbonyl (C=O) groups is 2. The van der Waals surface area contributed by atoms with Crippen LogP contribution >= 0.6 is 0 Å². The number of carboxylic acid groups (broad SMARTS) is 1. The third-order valence-corrected chi connectivity index (χ3v) is 4.17. The number of hydrogen-bond donors (Lipinski definition) is 3. The van der Waals surface area contributed by atoms with E-state index in [2.05, 4.69) is 15.3 Å². The normalized spacial score (nSPS) is 18.1. The van der Waals surface area contributed by atoms with E-state index >= 15 is 0 Å². The van der Waals surface area contributed by atoms with Crippen LogP contribution in [0.25, 0.3) is 0 Å². The fourth-order valence-electron chi connectivity index (χ4n) is 2.85. The van der Waals surface area contributed by atoms with E-state index in [1.165, 1.54) is 6.92 Å². The molecule has 1 aromatic heterocycles. The molecule has 1 amide bonds. The molecule has 8 heteroatoms. The van der Waals surface area contributed by atoms with Gasteiger partial charge in [-0.25, -0.2) is 14.8 Å². The SMILES string of the molecule is Cc1cc(C)nc(N2CCC(C(=O)NC(C(=O)O)C(C)O)CC2)n1. The fraction of sp³-hybridized carbons (Fsp3) is 0.625. The number of aliphatic hydroxyl groups is 1. The van der Waals surface area contributed by atoms with E-state index in [0.717, 1.165) is 11.4 Å². The molecule has 0 aromatic carbocycles. The van der Waals surface area contributed by atoms with Gasteiger partial charge in [0.1, 0.15) is 0 Å². The van der Waals surface area contributed by atoms with Crippen LogP contribution in [-0.2, 0) is 9.59 Å². The van der Waals surface area contributed by atoms with Gasteiger partial charge >= 0.3 is 5.97 Å². The van der Waals surface area contributed by atoms with Crippen LogP contribution in [0.4, 0.5) is 5.95 Å². The van der Waals surface area contributed by atoms with Crippen LogP contribution in [0.2, 0.25) is 0 Å². The Labute approximate surface area is 140 Å². The van der Waals surface area contributed by atoms with Crippen LogP contribution in [0.15, 0.2) is 6.07 Å². The summed E-state index contributed by atoms with van der Waals surface area (Å²) in [6.45, 7) is 6.45. The van der Waals surface area contributed by atoms with Crippen molar-refractivity contribution in [2.75, 3.05) is 18.0 Å². The van der Waals surface area contributed by atoms with Crippen molar-refractivity contribution >= 4 is 17.8 Å². The number of aliphatic hydroxyl groups excluding tert-OH is 1.